The van der Waals surface area contributed by atoms with Crippen molar-refractivity contribution in [3.63, 3.8) is 0 Å². The Balaban J connectivity index is 3.91. The minimum atomic E-state index is -4.23. The summed E-state index contributed by atoms with van der Waals surface area (Å²) in [5, 5.41) is 2.51. The molecule has 0 rings (SSSR count). The molecule has 1 amide bonds. The number of amides is 1. The molecule has 0 aromatic carbocycles. The molecule has 0 aliphatic carbocycles. The van der Waals surface area contributed by atoms with Crippen LogP contribution in [0, 0.1) is 11.3 Å². The molecule has 7 heteroatoms. The van der Waals surface area contributed by atoms with E-state index in [0.29, 0.717) is 25.3 Å². The Bertz CT molecular complexity index is 290. The van der Waals surface area contributed by atoms with Crippen molar-refractivity contribution in [2.24, 2.45) is 17.1 Å². The lowest BCUT2D eigenvalue weighted by molar-refractivity contribution is -0.121. The summed E-state index contributed by atoms with van der Waals surface area (Å²) in [6.45, 7) is 6.92. The summed E-state index contributed by atoms with van der Waals surface area (Å²) < 4.78 is 35.7. The Morgan fingerprint density at radius 3 is 2.30 bits per heavy atom. The first kappa shape index (κ1) is 19.6. The van der Waals surface area contributed by atoms with Gasteiger partial charge in [-0.25, -0.2) is 0 Å². The number of hydrogen-bond acceptors (Lipinski definition) is 3. The summed E-state index contributed by atoms with van der Waals surface area (Å²) in [5.41, 5.74) is 1.40. The van der Waals surface area contributed by atoms with Crippen molar-refractivity contribution in [1.29, 1.82) is 0 Å². The third-order valence-corrected chi connectivity index (χ3v) is 3.89. The predicted molar refractivity (Wildman–Crippen MR) is 77.4 cm³/mol. The van der Waals surface area contributed by atoms with Crippen LogP contribution in [-0.4, -0.2) is 30.3 Å². The maximum atomic E-state index is 11.9. The molecular weight excluding hydrogens is 289 g/mol. The summed E-state index contributed by atoms with van der Waals surface area (Å²) in [6.07, 6.45) is 1.89. The maximum Gasteiger partial charge on any atom is 0.441 e. The van der Waals surface area contributed by atoms with Gasteiger partial charge in [0.15, 0.2) is 0 Å². The van der Waals surface area contributed by atoms with Crippen LogP contribution in [0.3, 0.4) is 0 Å². The van der Waals surface area contributed by atoms with E-state index in [2.05, 4.69) is 26.1 Å². The van der Waals surface area contributed by atoms with Gasteiger partial charge in [-0.3, -0.25) is 4.79 Å². The van der Waals surface area contributed by atoms with Gasteiger partial charge in [-0.05, 0) is 42.5 Å². The SMILES string of the molecule is CC(C)(C)C(CCN)CCC(=O)NCCSC(F)(F)F. The lowest BCUT2D eigenvalue weighted by Gasteiger charge is -2.30. The summed E-state index contributed by atoms with van der Waals surface area (Å²) in [6, 6.07) is 0. The van der Waals surface area contributed by atoms with Crippen LogP contribution < -0.4 is 11.1 Å². The van der Waals surface area contributed by atoms with Crippen molar-refractivity contribution >= 4 is 17.7 Å². The number of hydrogen-bond donors (Lipinski definition) is 2. The zero-order chi connectivity index (χ0) is 15.8. The highest BCUT2D eigenvalue weighted by atomic mass is 32.2. The molecule has 0 spiro atoms. The molecule has 0 aromatic heterocycles. The quantitative estimate of drug-likeness (QED) is 0.677. The second kappa shape index (κ2) is 8.77. The largest absolute Gasteiger partial charge is 0.441 e. The number of carbonyl (C=O) groups excluding carboxylic acids is 1. The van der Waals surface area contributed by atoms with Gasteiger partial charge in [0.1, 0.15) is 0 Å². The number of nitrogens with two attached hydrogens (primary N) is 1. The van der Waals surface area contributed by atoms with Crippen LogP contribution in [0.1, 0.15) is 40.0 Å². The molecule has 0 aromatic rings. The van der Waals surface area contributed by atoms with Crippen molar-refractivity contribution in [2.75, 3.05) is 18.8 Å². The van der Waals surface area contributed by atoms with Crippen molar-refractivity contribution in [3.05, 3.63) is 0 Å². The average molecular weight is 314 g/mol. The lowest BCUT2D eigenvalue weighted by atomic mass is 9.76. The van der Waals surface area contributed by atoms with Crippen LogP contribution in [0.15, 0.2) is 0 Å². The number of thioether (sulfide) groups is 1. The summed E-state index contributed by atoms with van der Waals surface area (Å²) in [5.74, 6) is -0.0114. The van der Waals surface area contributed by atoms with Gasteiger partial charge in [-0.2, -0.15) is 13.2 Å². The van der Waals surface area contributed by atoms with Gasteiger partial charge in [0, 0.05) is 18.7 Å². The van der Waals surface area contributed by atoms with Crippen molar-refractivity contribution in [1.82, 2.24) is 5.32 Å². The van der Waals surface area contributed by atoms with E-state index in [1.807, 2.05) is 0 Å². The highest BCUT2D eigenvalue weighted by molar-refractivity contribution is 8.00. The van der Waals surface area contributed by atoms with Crippen molar-refractivity contribution in [2.45, 2.75) is 45.5 Å². The molecule has 0 saturated heterocycles. The monoisotopic (exact) mass is 314 g/mol. The topological polar surface area (TPSA) is 55.1 Å². The zero-order valence-corrected chi connectivity index (χ0v) is 13.2. The Labute approximate surface area is 123 Å². The van der Waals surface area contributed by atoms with Crippen LogP contribution in [0.2, 0.25) is 0 Å². The Hall–Kier alpha value is -0.430. The third kappa shape index (κ3) is 10.4. The summed E-state index contributed by atoms with van der Waals surface area (Å²) in [7, 11) is 0. The van der Waals surface area contributed by atoms with Gasteiger partial charge >= 0.3 is 5.51 Å². The van der Waals surface area contributed by atoms with E-state index >= 15 is 0 Å². The smallest absolute Gasteiger partial charge is 0.355 e. The third-order valence-electron chi connectivity index (χ3n) is 3.15. The van der Waals surface area contributed by atoms with Gasteiger partial charge in [-0.15, -0.1) is 0 Å². The molecule has 20 heavy (non-hydrogen) atoms. The van der Waals surface area contributed by atoms with Crippen LogP contribution in [0.5, 0.6) is 0 Å². The Morgan fingerprint density at radius 2 is 1.85 bits per heavy atom. The summed E-state index contributed by atoms with van der Waals surface area (Å²) in [4.78, 5) is 11.6. The van der Waals surface area contributed by atoms with Gasteiger partial charge in [-0.1, -0.05) is 20.8 Å². The lowest BCUT2D eigenvalue weighted by Crippen LogP contribution is -2.29. The fraction of sp³-hybridized carbons (Fsp3) is 0.923. The molecule has 1 unspecified atom stereocenters. The van der Waals surface area contributed by atoms with Crippen LogP contribution in [0.4, 0.5) is 13.2 Å². The molecule has 3 nitrogen and oxygen atoms in total. The fourth-order valence-corrected chi connectivity index (χ4v) is 2.40. The number of nitrogens with one attached hydrogen (secondary N) is 1. The fourth-order valence-electron chi connectivity index (χ4n) is 1.96. The molecule has 120 valence electrons. The number of alkyl halides is 3. The van der Waals surface area contributed by atoms with E-state index in [9.17, 15) is 18.0 Å². The normalized spacial score (nSPS) is 14.2. The first-order valence-corrected chi connectivity index (χ1v) is 7.72. The van der Waals surface area contributed by atoms with Crippen LogP contribution in [-0.2, 0) is 4.79 Å². The van der Waals surface area contributed by atoms with E-state index in [-0.39, 0.29) is 35.4 Å². The molecule has 3 N–H and O–H groups in total. The minimum absolute atomic E-state index is 0.0417. The molecule has 0 aliphatic heterocycles. The molecule has 0 radical (unpaired) electrons. The number of halogens is 3. The van der Waals surface area contributed by atoms with Gasteiger partial charge < -0.3 is 11.1 Å². The predicted octanol–water partition coefficient (Wildman–Crippen LogP) is 3.15. The molecular formula is C13H25F3N2OS. The molecule has 1 atom stereocenters. The summed E-state index contributed by atoms with van der Waals surface area (Å²) >= 11 is -0.119. The highest BCUT2D eigenvalue weighted by Gasteiger charge is 2.27. The molecule has 0 aliphatic rings. The van der Waals surface area contributed by atoms with E-state index in [0.717, 1.165) is 6.42 Å². The van der Waals surface area contributed by atoms with E-state index in [1.165, 1.54) is 0 Å². The standard InChI is InChI=1S/C13H25F3N2OS/c1-12(2,3)10(6-7-17)4-5-11(19)18-8-9-20-13(14,15)16/h10H,4-9,17H2,1-3H3,(H,18,19). The van der Waals surface area contributed by atoms with Crippen LogP contribution in [0.25, 0.3) is 0 Å². The maximum absolute atomic E-state index is 11.9. The number of carbonyl (C=O) groups is 1. The first-order chi connectivity index (χ1) is 9.06. The van der Waals surface area contributed by atoms with E-state index in [4.69, 9.17) is 5.73 Å². The first-order valence-electron chi connectivity index (χ1n) is 6.73. The van der Waals surface area contributed by atoms with Gasteiger partial charge in [0.25, 0.3) is 0 Å². The number of rotatable bonds is 8. The molecule has 0 bridgehead atoms. The van der Waals surface area contributed by atoms with Gasteiger partial charge in [0.05, 0.1) is 0 Å². The highest BCUT2D eigenvalue weighted by Crippen LogP contribution is 2.32. The molecule has 0 fully saturated rings. The molecule has 0 heterocycles. The van der Waals surface area contributed by atoms with Gasteiger partial charge in [0.2, 0.25) is 5.91 Å². The van der Waals surface area contributed by atoms with Crippen molar-refractivity contribution < 1.29 is 18.0 Å². The zero-order valence-electron chi connectivity index (χ0n) is 12.3. The molecule has 0 saturated carbocycles. The second-order valence-corrected chi connectivity index (χ2v) is 6.98. The average Bonchev–Trinajstić information content (AvgIpc) is 2.27. The van der Waals surface area contributed by atoms with Crippen LogP contribution >= 0.6 is 11.8 Å². The second-order valence-electron chi connectivity index (χ2n) is 5.82. The van der Waals surface area contributed by atoms with E-state index in [1.54, 1.807) is 0 Å². The van der Waals surface area contributed by atoms with E-state index < -0.39 is 5.51 Å². The van der Waals surface area contributed by atoms with Crippen molar-refractivity contribution in [3.8, 4) is 0 Å². The minimum Gasteiger partial charge on any atom is -0.355 e. The Kier molecular flexibility index (Phi) is 8.58. The Morgan fingerprint density at radius 1 is 1.25 bits per heavy atom.